The summed E-state index contributed by atoms with van der Waals surface area (Å²) in [6.45, 7) is 3.26. The first kappa shape index (κ1) is 14.8. The summed E-state index contributed by atoms with van der Waals surface area (Å²) in [6, 6.07) is 2.73. The fraction of sp³-hybridized carbons (Fsp3) is 0.250. The second-order valence-electron chi connectivity index (χ2n) is 3.68. The Labute approximate surface area is 108 Å². The van der Waals surface area contributed by atoms with Crippen LogP contribution < -0.4 is 0 Å². The van der Waals surface area contributed by atoms with E-state index in [1.54, 1.807) is 0 Å². The highest BCUT2D eigenvalue weighted by atomic mass is 19.1. The number of carbonyl (C=O) groups is 1. The van der Waals surface area contributed by atoms with Gasteiger partial charge in [-0.2, -0.15) is 0 Å². The Morgan fingerprint density at radius 1 is 1.58 bits per heavy atom. The number of rotatable bonds is 6. The van der Waals surface area contributed by atoms with Gasteiger partial charge in [0.2, 0.25) is 0 Å². The van der Waals surface area contributed by atoms with E-state index in [0.717, 1.165) is 23.1 Å². The lowest BCUT2D eigenvalue weighted by atomic mass is 10.1. The van der Waals surface area contributed by atoms with Crippen molar-refractivity contribution in [2.75, 3.05) is 19.7 Å². The minimum atomic E-state index is -0.845. The summed E-state index contributed by atoms with van der Waals surface area (Å²) in [5.74, 6) is -1.57. The molecule has 1 rings (SSSR count). The van der Waals surface area contributed by atoms with E-state index in [0.29, 0.717) is 0 Å². The maximum Gasteiger partial charge on any atom is 0.270 e. The number of nitro benzene ring substituents is 1. The first-order chi connectivity index (χ1) is 9.01. The SMILES string of the molecule is C=CCN(CCO)C(=O)c1cc([N+](=O)[O-])ccc1F. The zero-order chi connectivity index (χ0) is 14.4. The van der Waals surface area contributed by atoms with Crippen LogP contribution in [0.1, 0.15) is 10.4 Å². The molecule has 1 amide bonds. The van der Waals surface area contributed by atoms with Crippen molar-refractivity contribution in [2.45, 2.75) is 0 Å². The predicted molar refractivity (Wildman–Crippen MR) is 66.2 cm³/mol. The van der Waals surface area contributed by atoms with Crippen LogP contribution in [-0.2, 0) is 0 Å². The van der Waals surface area contributed by atoms with E-state index >= 15 is 0 Å². The molecule has 0 unspecified atom stereocenters. The summed E-state index contributed by atoms with van der Waals surface area (Å²) >= 11 is 0. The van der Waals surface area contributed by atoms with Crippen molar-refractivity contribution in [3.05, 3.63) is 52.3 Å². The lowest BCUT2D eigenvalue weighted by Gasteiger charge is -2.20. The molecule has 0 radical (unpaired) electrons. The Morgan fingerprint density at radius 2 is 2.26 bits per heavy atom. The number of amides is 1. The molecule has 0 aromatic heterocycles. The van der Waals surface area contributed by atoms with Gasteiger partial charge in [-0.25, -0.2) is 4.39 Å². The maximum absolute atomic E-state index is 13.6. The van der Waals surface area contributed by atoms with Crippen LogP contribution in [0.2, 0.25) is 0 Å². The zero-order valence-corrected chi connectivity index (χ0v) is 10.1. The van der Waals surface area contributed by atoms with Crippen molar-refractivity contribution in [3.8, 4) is 0 Å². The second-order valence-corrected chi connectivity index (χ2v) is 3.68. The molecule has 1 N–H and O–H groups in total. The highest BCUT2D eigenvalue weighted by Gasteiger charge is 2.21. The smallest absolute Gasteiger partial charge is 0.270 e. The number of hydrogen-bond acceptors (Lipinski definition) is 4. The van der Waals surface area contributed by atoms with Gasteiger partial charge in [0.1, 0.15) is 5.82 Å². The summed E-state index contributed by atoms with van der Waals surface area (Å²) < 4.78 is 13.6. The number of halogens is 1. The molecule has 0 heterocycles. The number of non-ortho nitro benzene ring substituents is 1. The Hall–Kier alpha value is -2.28. The van der Waals surface area contributed by atoms with Crippen LogP contribution in [0, 0.1) is 15.9 Å². The van der Waals surface area contributed by atoms with Crippen LogP contribution in [0.5, 0.6) is 0 Å². The van der Waals surface area contributed by atoms with Gasteiger partial charge < -0.3 is 10.0 Å². The molecule has 0 atom stereocenters. The second kappa shape index (κ2) is 6.60. The summed E-state index contributed by atoms with van der Waals surface area (Å²) in [4.78, 5) is 23.1. The molecule has 1 aromatic rings. The molecular formula is C12H13FN2O4. The number of nitro groups is 1. The molecule has 6 nitrogen and oxygen atoms in total. The van der Waals surface area contributed by atoms with E-state index in [-0.39, 0.29) is 25.4 Å². The van der Waals surface area contributed by atoms with Gasteiger partial charge in [-0.05, 0) is 6.07 Å². The van der Waals surface area contributed by atoms with Gasteiger partial charge in [0.25, 0.3) is 11.6 Å². The number of nitrogens with zero attached hydrogens (tertiary/aromatic N) is 2. The summed E-state index contributed by atoms with van der Waals surface area (Å²) in [5, 5.41) is 19.5. The van der Waals surface area contributed by atoms with E-state index in [2.05, 4.69) is 6.58 Å². The molecule has 7 heteroatoms. The lowest BCUT2D eigenvalue weighted by Crippen LogP contribution is -2.34. The van der Waals surface area contributed by atoms with Crippen molar-refractivity contribution in [2.24, 2.45) is 0 Å². The first-order valence-electron chi connectivity index (χ1n) is 5.46. The van der Waals surface area contributed by atoms with Gasteiger partial charge in [-0.3, -0.25) is 14.9 Å². The largest absolute Gasteiger partial charge is 0.395 e. The Balaban J connectivity index is 3.12. The van der Waals surface area contributed by atoms with Gasteiger partial charge >= 0.3 is 0 Å². The number of aliphatic hydroxyl groups is 1. The van der Waals surface area contributed by atoms with Crippen LogP contribution in [-0.4, -0.2) is 40.5 Å². The topological polar surface area (TPSA) is 83.7 Å². The average Bonchev–Trinajstić information content (AvgIpc) is 2.38. The van der Waals surface area contributed by atoms with Crippen LogP contribution in [0.25, 0.3) is 0 Å². The first-order valence-corrected chi connectivity index (χ1v) is 5.46. The molecule has 102 valence electrons. The summed E-state index contributed by atoms with van der Waals surface area (Å²) in [5.41, 5.74) is -0.767. The van der Waals surface area contributed by atoms with E-state index < -0.39 is 22.2 Å². The third-order valence-electron chi connectivity index (χ3n) is 2.40. The van der Waals surface area contributed by atoms with Gasteiger partial charge in [0.15, 0.2) is 0 Å². The molecule has 0 aliphatic carbocycles. The van der Waals surface area contributed by atoms with Gasteiger partial charge in [0.05, 0.1) is 17.1 Å². The number of aliphatic hydroxyl groups excluding tert-OH is 1. The molecule has 0 aliphatic rings. The fourth-order valence-corrected chi connectivity index (χ4v) is 1.51. The minimum absolute atomic E-state index is 0.00696. The molecule has 0 saturated carbocycles. The zero-order valence-electron chi connectivity index (χ0n) is 10.1. The number of carbonyl (C=O) groups excluding carboxylic acids is 1. The third-order valence-corrected chi connectivity index (χ3v) is 2.40. The van der Waals surface area contributed by atoms with Gasteiger partial charge in [0, 0.05) is 25.2 Å². The fourth-order valence-electron chi connectivity index (χ4n) is 1.51. The van der Waals surface area contributed by atoms with Crippen LogP contribution in [0.15, 0.2) is 30.9 Å². The Kier molecular flexibility index (Phi) is 5.13. The highest BCUT2D eigenvalue weighted by Crippen LogP contribution is 2.18. The highest BCUT2D eigenvalue weighted by molar-refractivity contribution is 5.95. The molecule has 0 spiro atoms. The van der Waals surface area contributed by atoms with Crippen molar-refractivity contribution in [1.29, 1.82) is 0 Å². The Morgan fingerprint density at radius 3 is 2.79 bits per heavy atom. The summed E-state index contributed by atoms with van der Waals surface area (Å²) in [6.07, 6.45) is 1.42. The monoisotopic (exact) mass is 268 g/mol. The van der Waals surface area contributed by atoms with E-state index in [9.17, 15) is 19.3 Å². The number of hydrogen-bond donors (Lipinski definition) is 1. The van der Waals surface area contributed by atoms with Crippen molar-refractivity contribution >= 4 is 11.6 Å². The summed E-state index contributed by atoms with van der Waals surface area (Å²) in [7, 11) is 0. The van der Waals surface area contributed by atoms with Crippen molar-refractivity contribution in [1.82, 2.24) is 4.90 Å². The molecule has 0 bridgehead atoms. The Bertz CT molecular complexity index is 505. The number of benzene rings is 1. The third kappa shape index (κ3) is 3.59. The van der Waals surface area contributed by atoms with Gasteiger partial charge in [-0.15, -0.1) is 6.58 Å². The average molecular weight is 268 g/mol. The van der Waals surface area contributed by atoms with E-state index in [4.69, 9.17) is 5.11 Å². The predicted octanol–water partition coefficient (Wildman–Crippen LogP) is 1.35. The van der Waals surface area contributed by atoms with Crippen LogP contribution >= 0.6 is 0 Å². The van der Waals surface area contributed by atoms with E-state index in [1.165, 1.54) is 6.08 Å². The molecule has 1 aromatic carbocycles. The van der Waals surface area contributed by atoms with Gasteiger partial charge in [-0.1, -0.05) is 6.08 Å². The molecular weight excluding hydrogens is 255 g/mol. The molecule has 0 fully saturated rings. The van der Waals surface area contributed by atoms with Crippen LogP contribution in [0.4, 0.5) is 10.1 Å². The lowest BCUT2D eigenvalue weighted by molar-refractivity contribution is -0.384. The maximum atomic E-state index is 13.6. The normalized spacial score (nSPS) is 10.0. The standard InChI is InChI=1S/C12H13FN2O4/c1-2-5-14(6-7-16)12(17)10-8-9(15(18)19)3-4-11(10)13/h2-4,8,16H,1,5-7H2. The van der Waals surface area contributed by atoms with Crippen LogP contribution in [0.3, 0.4) is 0 Å². The van der Waals surface area contributed by atoms with Crippen molar-refractivity contribution in [3.63, 3.8) is 0 Å². The molecule has 0 aliphatic heterocycles. The minimum Gasteiger partial charge on any atom is -0.395 e. The molecule has 19 heavy (non-hydrogen) atoms. The molecule has 0 saturated heterocycles. The van der Waals surface area contributed by atoms with Crippen molar-refractivity contribution < 1.29 is 19.2 Å². The van der Waals surface area contributed by atoms with E-state index in [1.807, 2.05) is 0 Å². The quantitative estimate of drug-likeness (QED) is 0.479.